The molecule has 0 spiro atoms. The topological polar surface area (TPSA) is 56.8 Å². The molecular formula is C15H20BrNO4. The molecule has 1 N–H and O–H groups in total. The molecule has 1 amide bonds. The van der Waals surface area contributed by atoms with Gasteiger partial charge in [0.2, 0.25) is 0 Å². The maximum atomic E-state index is 11.9. The first-order valence-electron chi connectivity index (χ1n) is 6.85. The van der Waals surface area contributed by atoms with Crippen LogP contribution in [0.3, 0.4) is 0 Å². The molecule has 1 aliphatic rings. The molecule has 1 atom stereocenters. The molecule has 2 rings (SSSR count). The van der Waals surface area contributed by atoms with E-state index in [0.717, 1.165) is 10.0 Å². The number of fused-ring (bicyclic) bond motifs is 1. The summed E-state index contributed by atoms with van der Waals surface area (Å²) in [7, 11) is 0. The number of halogens is 1. The second-order valence-electron chi connectivity index (χ2n) is 5.86. The van der Waals surface area contributed by atoms with Crippen molar-refractivity contribution < 1.29 is 19.0 Å². The number of benzene rings is 1. The maximum absolute atomic E-state index is 11.9. The Hall–Kier alpha value is -1.43. The molecule has 0 aliphatic carbocycles. The number of hydrogen-bond acceptors (Lipinski definition) is 4. The first-order chi connectivity index (χ1) is 9.78. The van der Waals surface area contributed by atoms with Gasteiger partial charge in [-0.2, -0.15) is 0 Å². The van der Waals surface area contributed by atoms with E-state index < -0.39 is 11.7 Å². The van der Waals surface area contributed by atoms with Crippen LogP contribution in [0.4, 0.5) is 4.79 Å². The first-order valence-corrected chi connectivity index (χ1v) is 7.65. The van der Waals surface area contributed by atoms with E-state index in [2.05, 4.69) is 21.2 Å². The van der Waals surface area contributed by atoms with E-state index in [1.54, 1.807) is 0 Å². The predicted octanol–water partition coefficient (Wildman–Crippen LogP) is 3.81. The number of amides is 1. The Kier molecular flexibility index (Phi) is 4.66. The van der Waals surface area contributed by atoms with Gasteiger partial charge in [-0.3, -0.25) is 0 Å². The van der Waals surface area contributed by atoms with Gasteiger partial charge in [0.25, 0.3) is 0 Å². The largest absolute Gasteiger partial charge is 0.486 e. The fourth-order valence-electron chi connectivity index (χ4n) is 2.03. The molecule has 5 nitrogen and oxygen atoms in total. The van der Waals surface area contributed by atoms with E-state index in [0.29, 0.717) is 24.7 Å². The molecule has 1 aromatic carbocycles. The highest BCUT2D eigenvalue weighted by Gasteiger charge is 2.24. The highest BCUT2D eigenvalue weighted by Crippen LogP contribution is 2.42. The van der Waals surface area contributed by atoms with Crippen molar-refractivity contribution in [1.29, 1.82) is 0 Å². The number of rotatable bonds is 2. The van der Waals surface area contributed by atoms with Crippen LogP contribution in [0, 0.1) is 0 Å². The standard InChI is InChI=1S/C15H20BrNO4/c1-9(17-14(18)21-15(2,3)4)10-5-6-11(16)13-12(10)19-7-8-20-13/h5-6,9H,7-8H2,1-4H3,(H,17,18)/t9-/m1/s1. The monoisotopic (exact) mass is 357 g/mol. The summed E-state index contributed by atoms with van der Waals surface area (Å²) >= 11 is 3.44. The van der Waals surface area contributed by atoms with E-state index in [-0.39, 0.29) is 6.04 Å². The Balaban J connectivity index is 2.16. The van der Waals surface area contributed by atoms with Gasteiger partial charge in [-0.15, -0.1) is 0 Å². The molecule has 0 fully saturated rings. The van der Waals surface area contributed by atoms with Crippen LogP contribution in [-0.4, -0.2) is 24.9 Å². The molecule has 0 bridgehead atoms. The highest BCUT2D eigenvalue weighted by atomic mass is 79.9. The third-order valence-electron chi connectivity index (χ3n) is 2.87. The summed E-state index contributed by atoms with van der Waals surface area (Å²) in [5, 5.41) is 2.81. The quantitative estimate of drug-likeness (QED) is 0.874. The Morgan fingerprint density at radius 3 is 2.52 bits per heavy atom. The van der Waals surface area contributed by atoms with Gasteiger partial charge in [0.15, 0.2) is 11.5 Å². The molecule has 0 saturated carbocycles. The second kappa shape index (κ2) is 6.13. The van der Waals surface area contributed by atoms with Crippen molar-refractivity contribution in [3.8, 4) is 11.5 Å². The lowest BCUT2D eigenvalue weighted by Gasteiger charge is -2.26. The molecule has 0 aromatic heterocycles. The second-order valence-corrected chi connectivity index (χ2v) is 6.71. The van der Waals surface area contributed by atoms with Crippen LogP contribution in [0.1, 0.15) is 39.3 Å². The minimum absolute atomic E-state index is 0.247. The van der Waals surface area contributed by atoms with Gasteiger partial charge in [0, 0.05) is 5.56 Å². The van der Waals surface area contributed by atoms with Gasteiger partial charge in [0.05, 0.1) is 10.5 Å². The molecule has 21 heavy (non-hydrogen) atoms. The average molecular weight is 358 g/mol. The fourth-order valence-corrected chi connectivity index (χ4v) is 2.45. The van der Waals surface area contributed by atoms with Gasteiger partial charge in [-0.05, 0) is 49.7 Å². The molecule has 6 heteroatoms. The number of carbonyl (C=O) groups excluding carboxylic acids is 1. The molecule has 0 radical (unpaired) electrons. The summed E-state index contributed by atoms with van der Waals surface area (Å²) in [5.74, 6) is 1.34. The average Bonchev–Trinajstić information content (AvgIpc) is 2.37. The summed E-state index contributed by atoms with van der Waals surface area (Å²) in [6, 6.07) is 3.54. The Morgan fingerprint density at radius 2 is 1.90 bits per heavy atom. The number of hydrogen-bond donors (Lipinski definition) is 1. The van der Waals surface area contributed by atoms with E-state index >= 15 is 0 Å². The molecule has 0 unspecified atom stereocenters. The Morgan fingerprint density at radius 1 is 1.29 bits per heavy atom. The van der Waals surface area contributed by atoms with Crippen LogP contribution in [0.2, 0.25) is 0 Å². The SMILES string of the molecule is C[C@@H](NC(=O)OC(C)(C)C)c1ccc(Br)c2c1OCCO2. The minimum Gasteiger partial charge on any atom is -0.486 e. The number of carbonyl (C=O) groups is 1. The zero-order valence-electron chi connectivity index (χ0n) is 12.7. The van der Waals surface area contributed by atoms with Crippen molar-refractivity contribution in [2.45, 2.75) is 39.3 Å². The van der Waals surface area contributed by atoms with Crippen molar-refractivity contribution in [3.05, 3.63) is 22.2 Å². The van der Waals surface area contributed by atoms with Gasteiger partial charge < -0.3 is 19.5 Å². The van der Waals surface area contributed by atoms with Gasteiger partial charge in [0.1, 0.15) is 18.8 Å². The van der Waals surface area contributed by atoms with Crippen LogP contribution in [0.25, 0.3) is 0 Å². The fraction of sp³-hybridized carbons (Fsp3) is 0.533. The molecule has 1 aromatic rings. The summed E-state index contributed by atoms with van der Waals surface area (Å²) in [6.07, 6.45) is -0.455. The predicted molar refractivity (Wildman–Crippen MR) is 82.9 cm³/mol. The van der Waals surface area contributed by atoms with Crippen LogP contribution < -0.4 is 14.8 Å². The normalized spacial score (nSPS) is 15.3. The molecule has 1 heterocycles. The van der Waals surface area contributed by atoms with E-state index in [9.17, 15) is 4.79 Å². The van der Waals surface area contributed by atoms with E-state index in [1.165, 1.54) is 0 Å². The Labute approximate surface area is 133 Å². The van der Waals surface area contributed by atoms with E-state index in [4.69, 9.17) is 14.2 Å². The number of ether oxygens (including phenoxy) is 3. The van der Waals surface area contributed by atoms with Crippen molar-refractivity contribution in [2.24, 2.45) is 0 Å². The third kappa shape index (κ3) is 4.03. The molecule has 116 valence electrons. The van der Waals surface area contributed by atoms with Crippen molar-refractivity contribution in [3.63, 3.8) is 0 Å². The minimum atomic E-state index is -0.525. The lowest BCUT2D eigenvalue weighted by atomic mass is 10.1. The Bertz CT molecular complexity index is 539. The van der Waals surface area contributed by atoms with Crippen LogP contribution >= 0.6 is 15.9 Å². The van der Waals surface area contributed by atoms with Crippen LogP contribution in [0.15, 0.2) is 16.6 Å². The van der Waals surface area contributed by atoms with Gasteiger partial charge in [-0.1, -0.05) is 6.07 Å². The summed E-state index contributed by atoms with van der Waals surface area (Å²) in [4.78, 5) is 11.9. The number of alkyl carbamates (subject to hydrolysis) is 1. The summed E-state index contributed by atoms with van der Waals surface area (Å²) < 4.78 is 17.4. The van der Waals surface area contributed by atoms with E-state index in [1.807, 2.05) is 39.8 Å². The number of nitrogens with one attached hydrogen (secondary N) is 1. The highest BCUT2D eigenvalue weighted by molar-refractivity contribution is 9.10. The van der Waals surface area contributed by atoms with Crippen molar-refractivity contribution in [1.82, 2.24) is 5.32 Å². The summed E-state index contributed by atoms with van der Waals surface area (Å²) in [6.45, 7) is 8.38. The maximum Gasteiger partial charge on any atom is 0.408 e. The molecule has 1 aliphatic heterocycles. The van der Waals surface area contributed by atoms with Crippen LogP contribution in [-0.2, 0) is 4.74 Å². The first kappa shape index (κ1) is 15.9. The zero-order valence-corrected chi connectivity index (χ0v) is 14.2. The van der Waals surface area contributed by atoms with Gasteiger partial charge in [-0.25, -0.2) is 4.79 Å². The molecule has 0 saturated heterocycles. The lowest BCUT2D eigenvalue weighted by molar-refractivity contribution is 0.0506. The van der Waals surface area contributed by atoms with Crippen molar-refractivity contribution >= 4 is 22.0 Å². The molecular weight excluding hydrogens is 338 g/mol. The van der Waals surface area contributed by atoms with Gasteiger partial charge >= 0.3 is 6.09 Å². The zero-order chi connectivity index (χ0) is 15.6. The smallest absolute Gasteiger partial charge is 0.408 e. The third-order valence-corrected chi connectivity index (χ3v) is 3.49. The van der Waals surface area contributed by atoms with Crippen LogP contribution in [0.5, 0.6) is 11.5 Å². The van der Waals surface area contributed by atoms with Crippen molar-refractivity contribution in [2.75, 3.05) is 13.2 Å². The lowest BCUT2D eigenvalue weighted by Crippen LogP contribution is -2.34. The summed E-state index contributed by atoms with van der Waals surface area (Å²) in [5.41, 5.74) is 0.335.